The minimum atomic E-state index is -1.35. The van der Waals surface area contributed by atoms with Gasteiger partial charge in [-0.05, 0) is 29.5 Å². The number of carbonyl (C=O) groups excluding carboxylic acids is 1. The monoisotopic (exact) mass is 344 g/mol. The van der Waals surface area contributed by atoms with Crippen LogP contribution in [-0.4, -0.2) is 33.6 Å². The maximum absolute atomic E-state index is 12.8. The van der Waals surface area contributed by atoms with E-state index in [2.05, 4.69) is 0 Å². The highest BCUT2D eigenvalue weighted by Crippen LogP contribution is 2.49. The van der Waals surface area contributed by atoms with Gasteiger partial charge < -0.3 is 5.11 Å². The van der Waals surface area contributed by atoms with Crippen LogP contribution in [0.2, 0.25) is 0 Å². The van der Waals surface area contributed by atoms with Crippen molar-refractivity contribution >= 4 is 23.3 Å². The number of nitrogens with zero attached hydrogens (tertiary/aromatic N) is 2. The number of hydrogen-bond donors (Lipinski definition) is 1. The number of carboxylic acids is 1. The molecule has 1 N–H and O–H groups in total. The van der Waals surface area contributed by atoms with Crippen LogP contribution in [0.5, 0.6) is 0 Å². The zero-order chi connectivity index (χ0) is 16.9. The minimum Gasteiger partial charge on any atom is -0.479 e. The van der Waals surface area contributed by atoms with Crippen molar-refractivity contribution in [1.82, 2.24) is 9.96 Å². The molecule has 24 heavy (non-hydrogen) atoms. The first-order chi connectivity index (χ1) is 11.5. The van der Waals surface area contributed by atoms with Gasteiger partial charge in [0.2, 0.25) is 0 Å². The number of amides is 2. The largest absolute Gasteiger partial charge is 0.479 e. The van der Waals surface area contributed by atoms with Crippen molar-refractivity contribution in [2.24, 2.45) is 0 Å². The number of hydroxylamine groups is 2. The Kier molecular flexibility index (Phi) is 3.36. The third-order valence-electron chi connectivity index (χ3n) is 4.72. The van der Waals surface area contributed by atoms with Gasteiger partial charge in [0.1, 0.15) is 12.6 Å². The van der Waals surface area contributed by atoms with Crippen LogP contribution in [0.4, 0.5) is 4.79 Å². The molecule has 0 spiro atoms. The highest BCUT2D eigenvalue weighted by atomic mass is 32.1. The molecule has 6 nitrogen and oxygen atoms in total. The van der Waals surface area contributed by atoms with Gasteiger partial charge in [0.15, 0.2) is 5.54 Å². The first kappa shape index (κ1) is 15.2. The minimum absolute atomic E-state index is 0.264. The van der Waals surface area contributed by atoms with Crippen LogP contribution in [-0.2, 0) is 21.8 Å². The second-order valence-corrected chi connectivity index (χ2v) is 6.99. The van der Waals surface area contributed by atoms with Crippen molar-refractivity contribution in [3.05, 3.63) is 57.8 Å². The number of urea groups is 1. The molecule has 0 unspecified atom stereocenters. The van der Waals surface area contributed by atoms with E-state index in [1.807, 2.05) is 41.8 Å². The quantitative estimate of drug-likeness (QED) is 0.926. The van der Waals surface area contributed by atoms with Crippen LogP contribution >= 0.6 is 11.3 Å². The number of aliphatic carboxylic acids is 1. The molecule has 1 aromatic carbocycles. The Hall–Kier alpha value is -2.38. The molecular formula is C17H16N2O4S. The number of rotatable bonds is 4. The smallest absolute Gasteiger partial charge is 0.345 e. The fourth-order valence-electron chi connectivity index (χ4n) is 3.35. The highest BCUT2D eigenvalue weighted by Gasteiger charge is 2.58. The Morgan fingerprint density at radius 2 is 2.12 bits per heavy atom. The Labute approximate surface area is 142 Å². The van der Waals surface area contributed by atoms with Gasteiger partial charge in [0.05, 0.1) is 6.54 Å². The van der Waals surface area contributed by atoms with Crippen LogP contribution in [0, 0.1) is 0 Å². The molecule has 124 valence electrons. The van der Waals surface area contributed by atoms with E-state index in [0.29, 0.717) is 11.4 Å². The summed E-state index contributed by atoms with van der Waals surface area (Å²) in [6, 6.07) is 10.8. The molecule has 2 amide bonds. The lowest BCUT2D eigenvalue weighted by molar-refractivity contribution is -0.149. The van der Waals surface area contributed by atoms with E-state index in [4.69, 9.17) is 4.84 Å². The summed E-state index contributed by atoms with van der Waals surface area (Å²) < 4.78 is 0. The summed E-state index contributed by atoms with van der Waals surface area (Å²) in [6.07, 6.45) is 0. The van der Waals surface area contributed by atoms with Gasteiger partial charge in [-0.1, -0.05) is 30.3 Å². The van der Waals surface area contributed by atoms with Crippen LogP contribution in [0.1, 0.15) is 29.0 Å². The van der Waals surface area contributed by atoms with Crippen molar-refractivity contribution in [1.29, 1.82) is 0 Å². The first-order valence-corrected chi connectivity index (χ1v) is 8.50. The maximum Gasteiger partial charge on any atom is 0.345 e. The predicted octanol–water partition coefficient (Wildman–Crippen LogP) is 2.97. The third kappa shape index (κ3) is 1.98. The van der Waals surface area contributed by atoms with Crippen LogP contribution in [0.3, 0.4) is 0 Å². The standard InChI is InChI=1S/C17H16N2O4S/c1-17(15(20)21)14-12(7-8-24-14)13-9-18(17)16(22)19(13)23-10-11-5-3-2-4-6-11/h2-8,13H,9-10H2,1H3,(H,20,21)/t13-,17-/m0/s1. The highest BCUT2D eigenvalue weighted by molar-refractivity contribution is 7.10. The number of fused-ring (bicyclic) bond motifs is 4. The summed E-state index contributed by atoms with van der Waals surface area (Å²) in [4.78, 5) is 32.5. The number of hydrogen-bond acceptors (Lipinski definition) is 4. The SMILES string of the molecule is C[C@@]1(C(=O)O)c2sccc2[C@@H]2CN1C(=O)N2OCc1ccccc1. The molecule has 2 aliphatic rings. The topological polar surface area (TPSA) is 70.1 Å². The van der Waals surface area contributed by atoms with Crippen LogP contribution in [0.15, 0.2) is 41.8 Å². The molecule has 4 rings (SSSR count). The van der Waals surface area contributed by atoms with E-state index >= 15 is 0 Å². The molecule has 0 saturated carbocycles. The zero-order valence-electron chi connectivity index (χ0n) is 13.0. The molecule has 0 aliphatic carbocycles. The van der Waals surface area contributed by atoms with E-state index in [9.17, 15) is 14.7 Å². The molecule has 2 atom stereocenters. The van der Waals surface area contributed by atoms with Gasteiger partial charge >= 0.3 is 12.0 Å². The van der Waals surface area contributed by atoms with E-state index in [0.717, 1.165) is 11.1 Å². The Bertz CT molecular complexity index is 806. The third-order valence-corrected chi connectivity index (χ3v) is 5.87. The summed E-state index contributed by atoms with van der Waals surface area (Å²) in [5.74, 6) is -1.03. The summed E-state index contributed by atoms with van der Waals surface area (Å²) in [6.45, 7) is 2.17. The fourth-order valence-corrected chi connectivity index (χ4v) is 4.47. The van der Waals surface area contributed by atoms with Gasteiger partial charge in [-0.3, -0.25) is 9.74 Å². The molecule has 1 fully saturated rings. The number of benzene rings is 1. The van der Waals surface area contributed by atoms with Crippen molar-refractivity contribution in [2.45, 2.75) is 25.1 Å². The van der Waals surface area contributed by atoms with Gasteiger partial charge in [-0.15, -0.1) is 11.3 Å². The van der Waals surface area contributed by atoms with Crippen LogP contribution in [0.25, 0.3) is 0 Å². The molecule has 2 aliphatic heterocycles. The van der Waals surface area contributed by atoms with Gasteiger partial charge in [0.25, 0.3) is 0 Å². The van der Waals surface area contributed by atoms with E-state index < -0.39 is 17.5 Å². The molecule has 2 bridgehead atoms. The lowest BCUT2D eigenvalue weighted by atomic mass is 9.89. The molecular weight excluding hydrogens is 328 g/mol. The van der Waals surface area contributed by atoms with Gasteiger partial charge in [0, 0.05) is 4.88 Å². The zero-order valence-corrected chi connectivity index (χ0v) is 13.8. The van der Waals surface area contributed by atoms with Gasteiger partial charge in [-0.25, -0.2) is 9.59 Å². The number of carboxylic acid groups (broad SMARTS) is 1. The number of carbonyl (C=O) groups is 2. The molecule has 3 heterocycles. The van der Waals surface area contributed by atoms with Crippen molar-refractivity contribution in [2.75, 3.05) is 6.54 Å². The first-order valence-electron chi connectivity index (χ1n) is 7.62. The summed E-state index contributed by atoms with van der Waals surface area (Å²) in [5, 5.41) is 12.9. The lowest BCUT2D eigenvalue weighted by Gasteiger charge is -2.36. The summed E-state index contributed by atoms with van der Waals surface area (Å²) in [5.41, 5.74) is 0.468. The molecule has 2 aromatic rings. The second kappa shape index (κ2) is 5.32. The Balaban J connectivity index is 1.67. The average molecular weight is 344 g/mol. The van der Waals surface area contributed by atoms with E-state index in [1.165, 1.54) is 21.3 Å². The van der Waals surface area contributed by atoms with E-state index in [-0.39, 0.29) is 12.6 Å². The molecule has 7 heteroatoms. The van der Waals surface area contributed by atoms with Gasteiger partial charge in [-0.2, -0.15) is 5.06 Å². The predicted molar refractivity (Wildman–Crippen MR) is 87.2 cm³/mol. The van der Waals surface area contributed by atoms with Crippen molar-refractivity contribution < 1.29 is 19.5 Å². The van der Waals surface area contributed by atoms with Crippen molar-refractivity contribution in [3.63, 3.8) is 0 Å². The molecule has 1 saturated heterocycles. The van der Waals surface area contributed by atoms with E-state index in [1.54, 1.807) is 6.92 Å². The van der Waals surface area contributed by atoms with Crippen molar-refractivity contribution in [3.8, 4) is 0 Å². The number of thiophene rings is 1. The molecule has 0 radical (unpaired) electrons. The second-order valence-electron chi connectivity index (χ2n) is 6.08. The summed E-state index contributed by atoms with van der Waals surface area (Å²) in [7, 11) is 0. The maximum atomic E-state index is 12.8. The Morgan fingerprint density at radius 3 is 2.83 bits per heavy atom. The average Bonchev–Trinajstić information content (AvgIpc) is 3.17. The fraction of sp³-hybridized carbons (Fsp3) is 0.294. The normalized spacial score (nSPS) is 25.0. The lowest BCUT2D eigenvalue weighted by Crippen LogP contribution is -2.52. The molecule has 1 aromatic heterocycles. The van der Waals surface area contributed by atoms with Crippen LogP contribution < -0.4 is 0 Å². The Morgan fingerprint density at radius 1 is 1.38 bits per heavy atom. The summed E-state index contributed by atoms with van der Waals surface area (Å²) >= 11 is 1.37.